The molecule has 0 aliphatic carbocycles. The Morgan fingerprint density at radius 2 is 1.64 bits per heavy atom. The van der Waals surface area contributed by atoms with Gasteiger partial charge in [0.1, 0.15) is 11.5 Å². The maximum Gasteiger partial charge on any atom is 1.00 e. The van der Waals surface area contributed by atoms with Crippen molar-refractivity contribution in [1.29, 1.82) is 0 Å². The van der Waals surface area contributed by atoms with E-state index in [1.54, 1.807) is 11.8 Å². The Labute approximate surface area is 94.3 Å². The largest absolute Gasteiger partial charge is 1.00 e. The Kier molecular flexibility index (Phi) is 46.7. The van der Waals surface area contributed by atoms with Crippen molar-refractivity contribution in [1.82, 2.24) is 0 Å². The van der Waals surface area contributed by atoms with E-state index < -0.39 is 8.25 Å². The second kappa shape index (κ2) is 22.5. The first-order chi connectivity index (χ1) is 4.15. The first-order valence-corrected chi connectivity index (χ1v) is 5.01. The standard InChI is InChI=1S/C4H10S.Na.HO3P.H2O/c1-3-5-4-2;;1-4(2)3;/h3-4H2,1-2H3;;(H,1,2,3);1H2/q;+1;;. The first kappa shape index (κ1) is 22.8. The van der Waals surface area contributed by atoms with Crippen LogP contribution in [-0.2, 0) is 16.3 Å². The molecule has 0 rings (SSSR count). The zero-order valence-electron chi connectivity index (χ0n) is 7.02. The summed E-state index contributed by atoms with van der Waals surface area (Å²) in [5.41, 5.74) is 0. The fourth-order valence-electron chi connectivity index (χ4n) is 0.224. The van der Waals surface area contributed by atoms with Gasteiger partial charge in [-0.05, 0) is 30.2 Å². The van der Waals surface area contributed by atoms with E-state index in [0.717, 1.165) is 0 Å². The van der Waals surface area contributed by atoms with Gasteiger partial charge in [-0.25, -0.2) is 0 Å². The summed E-state index contributed by atoms with van der Waals surface area (Å²) in [6.45, 7) is 4.40. The van der Waals surface area contributed by atoms with Crippen LogP contribution >= 0.6 is 8.25 Å². The normalized spacial score (nSPS) is 7.82. The third-order valence-corrected chi connectivity index (χ3v) is 1.34. The molecule has 1 unspecified atom stereocenters. The first-order valence-electron chi connectivity index (χ1n) is 2.61. The van der Waals surface area contributed by atoms with Crippen molar-refractivity contribution in [2.75, 3.05) is 11.5 Å². The van der Waals surface area contributed by atoms with Gasteiger partial charge in [-0.2, -0.15) is 4.89 Å². The summed E-state index contributed by atoms with van der Waals surface area (Å²) in [6, 6.07) is 0. The molecule has 0 amide bonds. The molecule has 0 saturated heterocycles. The van der Waals surface area contributed by atoms with Crippen LogP contribution in [0.5, 0.6) is 0 Å². The minimum atomic E-state index is -3.12. The monoisotopic (exact) mass is 211 g/mol. The zero-order chi connectivity index (χ0) is 7.70. The molecule has 2 N–H and O–H groups in total. The van der Waals surface area contributed by atoms with Gasteiger partial charge < -0.3 is 10.4 Å². The van der Waals surface area contributed by atoms with E-state index >= 15 is 0 Å². The summed E-state index contributed by atoms with van der Waals surface area (Å²) in [5.74, 6) is 2.63. The minimum absolute atomic E-state index is 0. The molecule has 0 fully saturated rings. The Morgan fingerprint density at radius 3 is 1.64 bits per heavy atom. The van der Waals surface area contributed by atoms with Gasteiger partial charge in [-0.1, -0.05) is 0 Å². The Bertz CT molecular complexity index is 69.1. The van der Waals surface area contributed by atoms with Crippen molar-refractivity contribution < 1.29 is 49.4 Å². The van der Waals surface area contributed by atoms with Crippen LogP contribution < -0.4 is 34.5 Å². The van der Waals surface area contributed by atoms with Crippen molar-refractivity contribution in [3.05, 3.63) is 0 Å². The predicted octanol–water partition coefficient (Wildman–Crippen LogP) is -3.34. The molecule has 11 heavy (non-hydrogen) atoms. The predicted molar refractivity (Wildman–Crippen MR) is 41.6 cm³/mol. The molecular formula is C4H13NaO4PS+. The Hall–Kier alpha value is 1.33. The summed E-state index contributed by atoms with van der Waals surface area (Å²) in [7, 11) is -3.12. The Balaban J connectivity index is -0.0000000383. The van der Waals surface area contributed by atoms with Crippen molar-refractivity contribution in [3.8, 4) is 0 Å². The second-order valence-electron chi connectivity index (χ2n) is 1.09. The van der Waals surface area contributed by atoms with Crippen LogP contribution in [0.15, 0.2) is 0 Å². The molecular weight excluding hydrogens is 198 g/mol. The maximum absolute atomic E-state index is 8.59. The fourth-order valence-corrected chi connectivity index (χ4v) is 0.671. The molecule has 1 atom stereocenters. The molecule has 0 bridgehead atoms. The SMILES string of the molecule is CC[SH+]CC.O=[P+]([O-])O.[Na+].[OH-]. The smallest absolute Gasteiger partial charge is 0.870 e. The number of thiol groups is 1. The van der Waals surface area contributed by atoms with Gasteiger partial charge in [0, 0.05) is 0 Å². The molecule has 0 aliphatic heterocycles. The molecule has 0 aromatic rings. The number of hydrogen-bond acceptors (Lipinski definition) is 3. The molecule has 0 spiro atoms. The summed E-state index contributed by atoms with van der Waals surface area (Å²) < 4.78 is 8.59. The summed E-state index contributed by atoms with van der Waals surface area (Å²) in [4.78, 5) is 15.6. The summed E-state index contributed by atoms with van der Waals surface area (Å²) in [6.07, 6.45) is 0. The molecule has 0 heterocycles. The quantitative estimate of drug-likeness (QED) is 0.224. The van der Waals surface area contributed by atoms with Gasteiger partial charge in [0.25, 0.3) is 0 Å². The van der Waals surface area contributed by atoms with Crippen molar-refractivity contribution >= 4 is 20.0 Å². The molecule has 4 nitrogen and oxygen atoms in total. The van der Waals surface area contributed by atoms with Gasteiger partial charge in [0.05, 0.1) is 0 Å². The van der Waals surface area contributed by atoms with Crippen LogP contribution in [0, 0.1) is 0 Å². The van der Waals surface area contributed by atoms with Crippen LogP contribution in [0.25, 0.3) is 0 Å². The summed E-state index contributed by atoms with van der Waals surface area (Å²) >= 11 is 1.58. The molecule has 0 aromatic heterocycles. The van der Waals surface area contributed by atoms with E-state index in [2.05, 4.69) is 13.8 Å². The molecule has 0 saturated carbocycles. The zero-order valence-corrected chi connectivity index (χ0v) is 10.8. The summed E-state index contributed by atoms with van der Waals surface area (Å²) in [5, 5.41) is 0. The van der Waals surface area contributed by atoms with E-state index in [4.69, 9.17) is 14.4 Å². The molecule has 64 valence electrons. The number of rotatable bonds is 2. The van der Waals surface area contributed by atoms with Crippen LogP contribution in [0.2, 0.25) is 0 Å². The van der Waals surface area contributed by atoms with Crippen molar-refractivity contribution in [3.63, 3.8) is 0 Å². The van der Waals surface area contributed by atoms with Gasteiger partial charge >= 0.3 is 37.8 Å². The van der Waals surface area contributed by atoms with Crippen molar-refractivity contribution in [2.24, 2.45) is 0 Å². The molecule has 0 radical (unpaired) electrons. The fraction of sp³-hybridized carbons (Fsp3) is 1.00. The van der Waals surface area contributed by atoms with E-state index in [0.29, 0.717) is 0 Å². The van der Waals surface area contributed by atoms with E-state index in [1.807, 2.05) is 0 Å². The molecule has 0 aliphatic rings. The Morgan fingerprint density at radius 1 is 1.45 bits per heavy atom. The average molecular weight is 211 g/mol. The van der Waals surface area contributed by atoms with Gasteiger partial charge in [0.15, 0.2) is 0 Å². The van der Waals surface area contributed by atoms with Crippen LogP contribution in [-0.4, -0.2) is 21.9 Å². The van der Waals surface area contributed by atoms with Gasteiger partial charge in [-0.15, -0.1) is 0 Å². The maximum atomic E-state index is 8.59. The van der Waals surface area contributed by atoms with E-state index in [9.17, 15) is 0 Å². The van der Waals surface area contributed by atoms with E-state index in [1.165, 1.54) is 11.5 Å². The van der Waals surface area contributed by atoms with Crippen LogP contribution in [0.3, 0.4) is 0 Å². The van der Waals surface area contributed by atoms with E-state index in [-0.39, 0.29) is 35.0 Å². The number of hydrogen-bond donors (Lipinski definition) is 1. The topological polar surface area (TPSA) is 90.4 Å². The van der Waals surface area contributed by atoms with Crippen molar-refractivity contribution in [2.45, 2.75) is 13.8 Å². The molecule has 0 aromatic carbocycles. The molecule has 7 heteroatoms. The third kappa shape index (κ3) is 88.9. The van der Waals surface area contributed by atoms with Crippen LogP contribution in [0.1, 0.15) is 13.8 Å². The minimum Gasteiger partial charge on any atom is -0.870 e. The van der Waals surface area contributed by atoms with Gasteiger partial charge in [-0.3, -0.25) is 0 Å². The average Bonchev–Trinajstić information content (AvgIpc) is 1.66. The van der Waals surface area contributed by atoms with Crippen LogP contribution in [0.4, 0.5) is 0 Å². The third-order valence-electron chi connectivity index (χ3n) is 0.447. The van der Waals surface area contributed by atoms with Gasteiger partial charge in [0.2, 0.25) is 0 Å². The second-order valence-corrected chi connectivity index (χ2v) is 3.28.